The van der Waals surface area contributed by atoms with Gasteiger partial charge in [0.1, 0.15) is 11.6 Å². The summed E-state index contributed by atoms with van der Waals surface area (Å²) in [6.45, 7) is 6.10. The summed E-state index contributed by atoms with van der Waals surface area (Å²) >= 11 is 0. The number of hydrogen-bond acceptors (Lipinski definition) is 3. The lowest BCUT2D eigenvalue weighted by Gasteiger charge is -2.29. The van der Waals surface area contributed by atoms with Crippen molar-refractivity contribution in [1.29, 1.82) is 0 Å². The average molecular weight is 281 g/mol. The van der Waals surface area contributed by atoms with Crippen LogP contribution < -0.4 is 4.74 Å². The number of hydrogen-bond donors (Lipinski definition) is 1. The van der Waals surface area contributed by atoms with Gasteiger partial charge < -0.3 is 14.7 Å². The molecule has 0 bridgehead atoms. The number of ether oxygens (including phenoxy) is 1. The Morgan fingerprint density at radius 2 is 2.05 bits per heavy atom. The molecule has 1 fully saturated rings. The van der Waals surface area contributed by atoms with Crippen molar-refractivity contribution in [2.24, 2.45) is 0 Å². The fourth-order valence-corrected chi connectivity index (χ4v) is 2.97. The van der Waals surface area contributed by atoms with Crippen molar-refractivity contribution in [2.45, 2.75) is 44.8 Å². The van der Waals surface area contributed by atoms with Crippen LogP contribution in [0.2, 0.25) is 0 Å². The summed E-state index contributed by atoms with van der Waals surface area (Å²) in [6.07, 6.45) is 2.13. The highest BCUT2D eigenvalue weighted by molar-refractivity contribution is 5.38. The summed E-state index contributed by atoms with van der Waals surface area (Å²) in [6, 6.07) is 4.83. The predicted molar refractivity (Wildman–Crippen MR) is 77.4 cm³/mol. The minimum absolute atomic E-state index is 0.334. The topological polar surface area (TPSA) is 32.7 Å². The standard InChI is InChI=1S/C16H24FNO2/c1-12(2)18-9-4-7-16(19,8-10-18)14-11-13(17)5-6-15(14)20-3/h5-6,11-12,19H,4,7-10H2,1-3H3. The molecule has 0 aromatic heterocycles. The second kappa shape index (κ2) is 6.10. The minimum Gasteiger partial charge on any atom is -0.496 e. The SMILES string of the molecule is COc1ccc(F)cc1C1(O)CCCN(C(C)C)CC1. The summed E-state index contributed by atoms with van der Waals surface area (Å²) in [5, 5.41) is 11.0. The monoisotopic (exact) mass is 281 g/mol. The fraction of sp³-hybridized carbons (Fsp3) is 0.625. The number of likely N-dealkylation sites (tertiary alicyclic amines) is 1. The van der Waals surface area contributed by atoms with E-state index in [1.807, 2.05) is 0 Å². The van der Waals surface area contributed by atoms with E-state index in [9.17, 15) is 9.50 Å². The molecular weight excluding hydrogens is 257 g/mol. The van der Waals surface area contributed by atoms with Crippen molar-refractivity contribution in [1.82, 2.24) is 4.90 Å². The molecule has 1 unspecified atom stereocenters. The van der Waals surface area contributed by atoms with Crippen LogP contribution >= 0.6 is 0 Å². The maximum absolute atomic E-state index is 13.5. The van der Waals surface area contributed by atoms with Crippen molar-refractivity contribution in [3.63, 3.8) is 0 Å². The minimum atomic E-state index is -1.00. The third kappa shape index (κ3) is 3.13. The molecule has 1 aliphatic heterocycles. The number of rotatable bonds is 3. The zero-order valence-electron chi connectivity index (χ0n) is 12.5. The van der Waals surface area contributed by atoms with Crippen LogP contribution in [0, 0.1) is 5.82 Å². The molecule has 0 saturated carbocycles. The molecule has 1 atom stereocenters. The van der Waals surface area contributed by atoms with E-state index in [1.54, 1.807) is 13.2 Å². The first-order valence-electron chi connectivity index (χ1n) is 7.27. The molecule has 1 saturated heterocycles. The lowest BCUT2D eigenvalue weighted by molar-refractivity contribution is 0.0179. The van der Waals surface area contributed by atoms with Gasteiger partial charge in [-0.15, -0.1) is 0 Å². The van der Waals surface area contributed by atoms with E-state index >= 15 is 0 Å². The number of benzene rings is 1. The van der Waals surface area contributed by atoms with E-state index < -0.39 is 5.60 Å². The molecule has 2 rings (SSSR count). The highest BCUT2D eigenvalue weighted by Gasteiger charge is 2.35. The van der Waals surface area contributed by atoms with E-state index in [-0.39, 0.29) is 5.82 Å². The molecule has 1 aliphatic rings. The zero-order valence-corrected chi connectivity index (χ0v) is 12.5. The summed E-state index contributed by atoms with van der Waals surface area (Å²) < 4.78 is 18.8. The van der Waals surface area contributed by atoms with Gasteiger partial charge in [-0.05, 0) is 57.9 Å². The van der Waals surface area contributed by atoms with E-state index in [4.69, 9.17) is 4.74 Å². The van der Waals surface area contributed by atoms with Crippen molar-refractivity contribution < 1.29 is 14.2 Å². The Morgan fingerprint density at radius 1 is 1.30 bits per heavy atom. The molecule has 1 N–H and O–H groups in total. The zero-order chi connectivity index (χ0) is 14.8. The van der Waals surface area contributed by atoms with Gasteiger partial charge >= 0.3 is 0 Å². The Bertz CT molecular complexity index is 464. The summed E-state index contributed by atoms with van der Waals surface area (Å²) in [7, 11) is 1.55. The van der Waals surface area contributed by atoms with Gasteiger partial charge in [-0.3, -0.25) is 0 Å². The Hall–Kier alpha value is -1.13. The summed E-state index contributed by atoms with van der Waals surface area (Å²) in [5.41, 5.74) is -0.428. The molecule has 20 heavy (non-hydrogen) atoms. The van der Waals surface area contributed by atoms with Gasteiger partial charge in [-0.1, -0.05) is 0 Å². The van der Waals surface area contributed by atoms with Gasteiger partial charge in [0, 0.05) is 18.2 Å². The average Bonchev–Trinajstić information content (AvgIpc) is 2.62. The molecule has 4 heteroatoms. The Balaban J connectivity index is 2.28. The molecular formula is C16H24FNO2. The molecule has 1 aromatic carbocycles. The van der Waals surface area contributed by atoms with Crippen LogP contribution in [0.25, 0.3) is 0 Å². The van der Waals surface area contributed by atoms with Crippen LogP contribution in [0.3, 0.4) is 0 Å². The lowest BCUT2D eigenvalue weighted by atomic mass is 9.86. The van der Waals surface area contributed by atoms with Gasteiger partial charge in [0.15, 0.2) is 0 Å². The Morgan fingerprint density at radius 3 is 2.70 bits per heavy atom. The van der Waals surface area contributed by atoms with Gasteiger partial charge in [-0.2, -0.15) is 0 Å². The van der Waals surface area contributed by atoms with Crippen molar-refractivity contribution in [3.8, 4) is 5.75 Å². The number of nitrogens with zero attached hydrogens (tertiary/aromatic N) is 1. The fourth-order valence-electron chi connectivity index (χ4n) is 2.97. The predicted octanol–water partition coefficient (Wildman–Crippen LogP) is 2.92. The smallest absolute Gasteiger partial charge is 0.125 e. The summed E-state index contributed by atoms with van der Waals surface area (Å²) in [5.74, 6) is 0.228. The van der Waals surface area contributed by atoms with E-state index in [0.717, 1.165) is 19.5 Å². The van der Waals surface area contributed by atoms with Gasteiger partial charge in [-0.25, -0.2) is 4.39 Å². The largest absolute Gasteiger partial charge is 0.496 e. The lowest BCUT2D eigenvalue weighted by Crippen LogP contribution is -2.33. The Kier molecular flexibility index (Phi) is 4.66. The quantitative estimate of drug-likeness (QED) is 0.924. The number of halogens is 1. The van der Waals surface area contributed by atoms with Crippen LogP contribution in [-0.4, -0.2) is 36.2 Å². The third-order valence-corrected chi connectivity index (χ3v) is 4.24. The van der Waals surface area contributed by atoms with Crippen molar-refractivity contribution >= 4 is 0 Å². The Labute approximate surface area is 120 Å². The first-order valence-corrected chi connectivity index (χ1v) is 7.27. The van der Waals surface area contributed by atoms with Crippen LogP contribution in [0.4, 0.5) is 4.39 Å². The molecule has 3 nitrogen and oxygen atoms in total. The van der Waals surface area contributed by atoms with Gasteiger partial charge in [0.25, 0.3) is 0 Å². The maximum Gasteiger partial charge on any atom is 0.125 e. The van der Waals surface area contributed by atoms with Gasteiger partial charge in [0.2, 0.25) is 0 Å². The summed E-state index contributed by atoms with van der Waals surface area (Å²) in [4.78, 5) is 2.35. The molecule has 0 radical (unpaired) electrons. The van der Waals surface area contributed by atoms with Crippen LogP contribution in [0.1, 0.15) is 38.7 Å². The highest BCUT2D eigenvalue weighted by Crippen LogP contribution is 2.38. The molecule has 1 aromatic rings. The van der Waals surface area contributed by atoms with E-state index in [2.05, 4.69) is 18.7 Å². The first kappa shape index (κ1) is 15.3. The van der Waals surface area contributed by atoms with Crippen molar-refractivity contribution in [2.75, 3.05) is 20.2 Å². The molecule has 0 amide bonds. The molecule has 1 heterocycles. The van der Waals surface area contributed by atoms with E-state index in [1.165, 1.54) is 12.1 Å². The number of methoxy groups -OCH3 is 1. The molecule has 112 valence electrons. The third-order valence-electron chi connectivity index (χ3n) is 4.24. The second-order valence-electron chi connectivity index (χ2n) is 5.86. The number of aliphatic hydroxyl groups is 1. The maximum atomic E-state index is 13.5. The van der Waals surface area contributed by atoms with Crippen molar-refractivity contribution in [3.05, 3.63) is 29.6 Å². The molecule has 0 spiro atoms. The van der Waals surface area contributed by atoms with Crippen LogP contribution in [-0.2, 0) is 5.60 Å². The van der Waals surface area contributed by atoms with Crippen LogP contribution in [0.15, 0.2) is 18.2 Å². The molecule has 0 aliphatic carbocycles. The van der Waals surface area contributed by atoms with E-state index in [0.29, 0.717) is 30.2 Å². The van der Waals surface area contributed by atoms with Crippen LogP contribution in [0.5, 0.6) is 5.75 Å². The second-order valence-corrected chi connectivity index (χ2v) is 5.86. The normalized spacial score (nSPS) is 24.7. The highest BCUT2D eigenvalue weighted by atomic mass is 19.1. The van der Waals surface area contributed by atoms with Gasteiger partial charge in [0.05, 0.1) is 12.7 Å². The first-order chi connectivity index (χ1) is 9.46.